The molecule has 0 saturated heterocycles. The highest BCUT2D eigenvalue weighted by molar-refractivity contribution is 6.33. The van der Waals surface area contributed by atoms with Crippen molar-refractivity contribution in [3.63, 3.8) is 0 Å². The van der Waals surface area contributed by atoms with Gasteiger partial charge in [-0.1, -0.05) is 35.9 Å². The fraction of sp³-hybridized carbons (Fsp3) is 0.250. The Morgan fingerprint density at radius 2 is 2.07 bits per heavy atom. The van der Waals surface area contributed by atoms with Gasteiger partial charge in [-0.15, -0.1) is 0 Å². The van der Waals surface area contributed by atoms with Crippen LogP contribution >= 0.6 is 11.6 Å². The zero-order valence-corrected chi connectivity index (χ0v) is 15.0. The van der Waals surface area contributed by atoms with Gasteiger partial charge in [-0.05, 0) is 36.1 Å². The Morgan fingerprint density at radius 1 is 1.30 bits per heavy atom. The molecule has 1 aliphatic heterocycles. The highest BCUT2D eigenvalue weighted by Gasteiger charge is 2.42. The van der Waals surface area contributed by atoms with E-state index in [9.17, 15) is 10.1 Å². The maximum atomic E-state index is 11.5. The van der Waals surface area contributed by atoms with Crippen LogP contribution in [-0.4, -0.2) is 11.5 Å². The van der Waals surface area contributed by atoms with E-state index in [0.29, 0.717) is 22.0 Å². The van der Waals surface area contributed by atoms with Crippen molar-refractivity contribution in [1.29, 1.82) is 5.26 Å². The molecule has 0 bridgehead atoms. The monoisotopic (exact) mass is 381 g/mol. The average molecular weight is 382 g/mol. The number of rotatable bonds is 4. The van der Waals surface area contributed by atoms with Crippen LogP contribution in [0.1, 0.15) is 29.5 Å². The van der Waals surface area contributed by atoms with E-state index < -0.39 is 0 Å². The molecule has 0 fully saturated rings. The van der Waals surface area contributed by atoms with Gasteiger partial charge in [0.15, 0.2) is 6.61 Å². The van der Waals surface area contributed by atoms with Gasteiger partial charge in [-0.2, -0.15) is 5.26 Å². The van der Waals surface area contributed by atoms with Crippen LogP contribution in [0.5, 0.6) is 5.75 Å². The van der Waals surface area contributed by atoms with Gasteiger partial charge >= 0.3 is 0 Å². The number of benzene rings is 2. The molecule has 27 heavy (non-hydrogen) atoms. The summed E-state index contributed by atoms with van der Waals surface area (Å²) in [7, 11) is 0. The number of nitro benzene ring substituents is 1. The average Bonchev–Trinajstić information content (AvgIpc) is 3.16. The van der Waals surface area contributed by atoms with Gasteiger partial charge in [0.2, 0.25) is 0 Å². The van der Waals surface area contributed by atoms with Crippen molar-refractivity contribution in [3.05, 3.63) is 74.8 Å². The first kappa shape index (κ1) is 17.4. The number of nitrogens with one attached hydrogen (secondary N) is 1. The van der Waals surface area contributed by atoms with Crippen molar-refractivity contribution in [3.8, 4) is 11.8 Å². The molecular weight excluding hydrogens is 366 g/mol. The summed E-state index contributed by atoms with van der Waals surface area (Å²) >= 11 is 6.38. The van der Waals surface area contributed by atoms with Crippen LogP contribution in [0.15, 0.2) is 48.6 Å². The number of hydrogen-bond acceptors (Lipinski definition) is 5. The van der Waals surface area contributed by atoms with Crippen LogP contribution in [0.3, 0.4) is 0 Å². The minimum atomic E-state index is -0.346. The summed E-state index contributed by atoms with van der Waals surface area (Å²) in [5.41, 5.74) is 2.44. The van der Waals surface area contributed by atoms with Crippen LogP contribution in [0.4, 0.5) is 11.4 Å². The number of ether oxygens (including phenoxy) is 1. The Balaban J connectivity index is 1.73. The molecule has 4 rings (SSSR count). The van der Waals surface area contributed by atoms with Gasteiger partial charge in [-0.25, -0.2) is 0 Å². The number of anilines is 1. The molecule has 0 spiro atoms. The Labute approximate surface area is 161 Å². The minimum Gasteiger partial charge on any atom is -0.479 e. The fourth-order valence-electron chi connectivity index (χ4n) is 4.03. The molecular formula is C20H16ClN3O3. The van der Waals surface area contributed by atoms with E-state index in [-0.39, 0.29) is 35.1 Å². The molecule has 6 nitrogen and oxygen atoms in total. The SMILES string of the molecule is N#CCOc1ccc([C@@H]2Nc3c(Cl)ccc([N+](=O)[O-])c3[C@H]3C=CC[C@@H]32)cc1. The van der Waals surface area contributed by atoms with Crippen molar-refractivity contribution < 1.29 is 9.66 Å². The van der Waals surface area contributed by atoms with Crippen molar-refractivity contribution in [2.45, 2.75) is 18.4 Å². The molecule has 1 heterocycles. The first-order chi connectivity index (χ1) is 13.1. The lowest BCUT2D eigenvalue weighted by Gasteiger charge is -2.37. The zero-order chi connectivity index (χ0) is 19.0. The quantitative estimate of drug-likeness (QED) is 0.458. The van der Waals surface area contributed by atoms with E-state index in [1.54, 1.807) is 6.07 Å². The summed E-state index contributed by atoms with van der Waals surface area (Å²) in [5, 5.41) is 24.1. The maximum absolute atomic E-state index is 11.5. The highest BCUT2D eigenvalue weighted by atomic mass is 35.5. The Bertz CT molecular complexity index is 966. The lowest BCUT2D eigenvalue weighted by Crippen LogP contribution is -2.29. The van der Waals surface area contributed by atoms with Crippen LogP contribution in [-0.2, 0) is 0 Å². The number of fused-ring (bicyclic) bond motifs is 3. The van der Waals surface area contributed by atoms with Crippen LogP contribution in [0, 0.1) is 27.4 Å². The first-order valence-electron chi connectivity index (χ1n) is 8.60. The summed E-state index contributed by atoms with van der Waals surface area (Å²) < 4.78 is 5.31. The molecule has 0 saturated carbocycles. The van der Waals surface area contributed by atoms with E-state index >= 15 is 0 Å². The van der Waals surface area contributed by atoms with Gasteiger partial charge in [0.25, 0.3) is 5.69 Å². The second kappa shape index (κ2) is 6.93. The van der Waals surface area contributed by atoms with E-state index in [1.807, 2.05) is 36.4 Å². The van der Waals surface area contributed by atoms with Gasteiger partial charge < -0.3 is 10.1 Å². The molecule has 3 atom stereocenters. The van der Waals surface area contributed by atoms with Crippen LogP contribution < -0.4 is 10.1 Å². The van der Waals surface area contributed by atoms with Gasteiger partial charge in [0.1, 0.15) is 11.8 Å². The zero-order valence-electron chi connectivity index (χ0n) is 14.3. The summed E-state index contributed by atoms with van der Waals surface area (Å²) in [6.45, 7) is 0.00228. The number of allylic oxidation sites excluding steroid dienone is 2. The smallest absolute Gasteiger partial charge is 0.275 e. The minimum absolute atomic E-state index is 0.00228. The van der Waals surface area contributed by atoms with Crippen LogP contribution in [0.25, 0.3) is 0 Å². The number of hydrogen-bond donors (Lipinski definition) is 1. The standard InChI is InChI=1S/C20H16ClN3O3/c21-16-8-9-17(24(25)26)18-14-2-1-3-15(14)19(23-20(16)18)12-4-6-13(7-5-12)27-11-10-22/h1-2,4-9,14-15,19,23H,3,11H2/t14-,15-,19-/m0/s1. The summed E-state index contributed by atoms with van der Waals surface area (Å²) in [6.07, 6.45) is 4.96. The topological polar surface area (TPSA) is 88.2 Å². The third kappa shape index (κ3) is 3.00. The summed E-state index contributed by atoms with van der Waals surface area (Å²) in [6, 6.07) is 12.5. The highest BCUT2D eigenvalue weighted by Crippen LogP contribution is 2.54. The van der Waals surface area contributed by atoms with E-state index in [0.717, 1.165) is 12.0 Å². The molecule has 2 aromatic carbocycles. The first-order valence-corrected chi connectivity index (χ1v) is 8.97. The Hall–Kier alpha value is -3.04. The summed E-state index contributed by atoms with van der Waals surface area (Å²) in [5.74, 6) is 0.742. The predicted molar refractivity (Wildman–Crippen MR) is 102 cm³/mol. The molecule has 0 aromatic heterocycles. The second-order valence-corrected chi connectivity index (χ2v) is 7.01. The molecule has 1 N–H and O–H groups in total. The second-order valence-electron chi connectivity index (χ2n) is 6.60. The van der Waals surface area contributed by atoms with E-state index in [2.05, 4.69) is 11.4 Å². The third-order valence-corrected chi connectivity index (χ3v) is 5.50. The maximum Gasteiger partial charge on any atom is 0.275 e. The number of nitriles is 1. The van der Waals surface area contributed by atoms with Gasteiger partial charge in [0.05, 0.1) is 27.2 Å². The van der Waals surface area contributed by atoms with E-state index in [1.165, 1.54) is 6.07 Å². The normalized spacial score (nSPS) is 22.3. The van der Waals surface area contributed by atoms with Crippen molar-refractivity contribution in [2.75, 3.05) is 11.9 Å². The van der Waals surface area contributed by atoms with Crippen LogP contribution in [0.2, 0.25) is 5.02 Å². The Kier molecular flexibility index (Phi) is 4.46. The van der Waals surface area contributed by atoms with Crippen molar-refractivity contribution in [2.24, 2.45) is 5.92 Å². The van der Waals surface area contributed by atoms with E-state index in [4.69, 9.17) is 21.6 Å². The molecule has 7 heteroatoms. The number of nitro groups is 1. The molecule has 0 amide bonds. The van der Waals surface area contributed by atoms with Gasteiger partial charge in [-0.3, -0.25) is 10.1 Å². The third-order valence-electron chi connectivity index (χ3n) is 5.19. The lowest BCUT2D eigenvalue weighted by atomic mass is 9.76. The molecule has 1 aliphatic carbocycles. The largest absolute Gasteiger partial charge is 0.479 e. The number of halogens is 1. The molecule has 0 radical (unpaired) electrons. The molecule has 2 aromatic rings. The summed E-state index contributed by atoms with van der Waals surface area (Å²) in [4.78, 5) is 11.2. The number of nitrogens with zero attached hydrogens (tertiary/aromatic N) is 2. The predicted octanol–water partition coefficient (Wildman–Crippen LogP) is 4.98. The molecule has 136 valence electrons. The van der Waals surface area contributed by atoms with Gasteiger partial charge in [0, 0.05) is 12.0 Å². The lowest BCUT2D eigenvalue weighted by molar-refractivity contribution is -0.385. The Morgan fingerprint density at radius 3 is 2.78 bits per heavy atom. The molecule has 2 aliphatic rings. The van der Waals surface area contributed by atoms with Crippen molar-refractivity contribution in [1.82, 2.24) is 0 Å². The molecule has 0 unspecified atom stereocenters. The van der Waals surface area contributed by atoms with Crippen molar-refractivity contribution >= 4 is 23.0 Å². The fourth-order valence-corrected chi connectivity index (χ4v) is 4.25.